The molecular formula is C7H14Cl6Si2. The molecule has 8 heteroatoms. The van der Waals surface area contributed by atoms with Crippen molar-refractivity contribution in [1.29, 1.82) is 0 Å². The predicted molar refractivity (Wildman–Crippen MR) is 82.2 cm³/mol. The summed E-state index contributed by atoms with van der Waals surface area (Å²) in [5.74, 6) is 0. The van der Waals surface area contributed by atoms with Crippen molar-refractivity contribution in [2.75, 3.05) is 0 Å². The van der Waals surface area contributed by atoms with Crippen LogP contribution in [0.4, 0.5) is 0 Å². The van der Waals surface area contributed by atoms with Crippen LogP contribution in [-0.2, 0) is 0 Å². The van der Waals surface area contributed by atoms with Crippen LogP contribution in [0.3, 0.4) is 0 Å². The first kappa shape index (κ1) is 17.2. The molecule has 0 saturated heterocycles. The van der Waals surface area contributed by atoms with E-state index in [4.69, 9.17) is 69.6 Å². The molecule has 0 nitrogen and oxygen atoms in total. The fourth-order valence-corrected chi connectivity index (χ4v) is 3.38. The number of alkyl halides is 6. The second kappa shape index (κ2) is 8.31. The summed E-state index contributed by atoms with van der Waals surface area (Å²) in [5.41, 5.74) is 0. The molecule has 1 fully saturated rings. The topological polar surface area (TPSA) is 0 Å². The Labute approximate surface area is 126 Å². The first-order valence-corrected chi connectivity index (χ1v) is 14.4. The highest BCUT2D eigenvalue weighted by molar-refractivity contribution is 6.88. The maximum atomic E-state index is 5.88. The van der Waals surface area contributed by atoms with Crippen LogP contribution >= 0.6 is 69.6 Å². The van der Waals surface area contributed by atoms with E-state index in [1.807, 2.05) is 0 Å². The molecule has 1 saturated carbocycles. The Hall–Kier alpha value is 2.17. The summed E-state index contributed by atoms with van der Waals surface area (Å²) in [5, 5.41) is -2.62. The van der Waals surface area contributed by atoms with E-state index in [1.54, 1.807) is 0 Å². The van der Waals surface area contributed by atoms with Crippen molar-refractivity contribution in [3.63, 3.8) is 0 Å². The van der Waals surface area contributed by atoms with Gasteiger partial charge in [-0.3, -0.25) is 0 Å². The maximum absolute atomic E-state index is 5.88. The van der Waals surface area contributed by atoms with Gasteiger partial charge in [-0.15, -0.1) is 69.6 Å². The van der Waals surface area contributed by atoms with Crippen LogP contribution < -0.4 is 0 Å². The Morgan fingerprint density at radius 2 is 0.733 bits per heavy atom. The fourth-order valence-electron chi connectivity index (χ4n) is 1.05. The largest absolute Gasteiger partial charge is 0.120 e. The highest BCUT2D eigenvalue weighted by atomic mass is 35.5. The highest BCUT2D eigenvalue weighted by Crippen LogP contribution is 2.39. The second-order valence-corrected chi connectivity index (χ2v) is 12.1. The van der Waals surface area contributed by atoms with Crippen LogP contribution in [0, 0.1) is 0 Å². The average molecular weight is 367 g/mol. The molecule has 1 rings (SSSR count). The smallest absolute Gasteiger partial charge is 0.0693 e. The van der Waals surface area contributed by atoms with E-state index in [-0.39, 0.29) is 0 Å². The minimum Gasteiger partial charge on any atom is -0.120 e. The average Bonchev–Trinajstić information content (AvgIpc) is 2.22. The third-order valence-corrected chi connectivity index (χ3v) is 5.86. The second-order valence-electron chi connectivity index (χ2n) is 3.37. The van der Waals surface area contributed by atoms with Gasteiger partial charge in [0.2, 0.25) is 0 Å². The Balaban J connectivity index is 0.000000583. The van der Waals surface area contributed by atoms with Crippen molar-refractivity contribution in [2.24, 2.45) is 0 Å². The summed E-state index contributed by atoms with van der Waals surface area (Å²) in [6.07, 6.45) is 0. The molecule has 0 heterocycles. The summed E-state index contributed by atoms with van der Waals surface area (Å²) >= 11 is 35.3. The van der Waals surface area contributed by atoms with Gasteiger partial charge in [-0.25, -0.2) is 0 Å². The normalized spacial score (nSPS) is 46.6. The van der Waals surface area contributed by atoms with E-state index in [2.05, 4.69) is 6.55 Å². The van der Waals surface area contributed by atoms with Crippen molar-refractivity contribution >= 4 is 88.4 Å². The van der Waals surface area contributed by atoms with Crippen LogP contribution in [0.2, 0.25) is 6.55 Å². The molecule has 92 valence electrons. The molecule has 0 atom stereocenters. The third-order valence-electron chi connectivity index (χ3n) is 1.83. The molecule has 0 aromatic rings. The SMILES string of the molecule is C[SiH2][SiH3].ClC1C(Cl)C(Cl)C(Cl)C(Cl)C1Cl. The van der Waals surface area contributed by atoms with Crippen LogP contribution in [0.1, 0.15) is 0 Å². The maximum Gasteiger partial charge on any atom is 0.0693 e. The monoisotopic (exact) mass is 364 g/mol. The molecule has 0 N–H and O–H groups in total. The van der Waals surface area contributed by atoms with Gasteiger partial charge in [-0.2, -0.15) is 0 Å². The van der Waals surface area contributed by atoms with Crippen LogP contribution in [0.25, 0.3) is 0 Å². The van der Waals surface area contributed by atoms with Gasteiger partial charge in [-0.1, -0.05) is 6.55 Å². The van der Waals surface area contributed by atoms with Gasteiger partial charge in [0, 0.05) is 9.04 Å². The molecule has 0 bridgehead atoms. The Bertz CT molecular complexity index is 124. The first-order chi connectivity index (χ1) is 6.88. The summed E-state index contributed by atoms with van der Waals surface area (Å²) in [6.45, 7) is 2.33. The van der Waals surface area contributed by atoms with Crippen molar-refractivity contribution in [1.82, 2.24) is 0 Å². The summed E-state index contributed by atoms with van der Waals surface area (Å²) in [7, 11) is 2.06. The Kier molecular flexibility index (Phi) is 9.51. The first-order valence-electron chi connectivity index (χ1n) is 4.72. The molecule has 0 unspecified atom stereocenters. The minimum atomic E-state index is -0.437. The zero-order valence-corrected chi connectivity index (χ0v) is 16.4. The van der Waals surface area contributed by atoms with Gasteiger partial charge in [0.1, 0.15) is 0 Å². The zero-order valence-electron chi connectivity index (χ0n) is 8.44. The van der Waals surface area contributed by atoms with Crippen molar-refractivity contribution in [2.45, 2.75) is 38.8 Å². The predicted octanol–water partition coefficient (Wildman–Crippen LogP) is 2.13. The third kappa shape index (κ3) is 4.74. The lowest BCUT2D eigenvalue weighted by atomic mass is 9.97. The molecule has 15 heavy (non-hydrogen) atoms. The standard InChI is InChI=1S/C6H6Cl6.CH8Si2/c7-1-2(8)4(10)6(12)5(11)3(1)9;1-3-2/h1-6H;3H2,1-2H3. The zero-order chi connectivity index (χ0) is 12.2. The van der Waals surface area contributed by atoms with Gasteiger partial charge in [-0.05, 0) is 9.76 Å². The summed E-state index contributed by atoms with van der Waals surface area (Å²) in [4.78, 5) is 0. The van der Waals surface area contributed by atoms with E-state index in [1.165, 1.54) is 9.76 Å². The minimum absolute atomic E-state index is 0.437. The number of halogens is 6. The number of hydrogen-bond donors (Lipinski definition) is 0. The highest BCUT2D eigenvalue weighted by Gasteiger charge is 2.46. The summed E-state index contributed by atoms with van der Waals surface area (Å²) < 4.78 is 0. The molecule has 0 radical (unpaired) electrons. The van der Waals surface area contributed by atoms with E-state index in [0.29, 0.717) is 9.04 Å². The molecule has 1 aliphatic carbocycles. The van der Waals surface area contributed by atoms with Crippen molar-refractivity contribution in [3.05, 3.63) is 0 Å². The molecule has 0 spiro atoms. The molecule has 1 aliphatic rings. The van der Waals surface area contributed by atoms with E-state index in [9.17, 15) is 0 Å². The van der Waals surface area contributed by atoms with Gasteiger partial charge in [0.05, 0.1) is 32.3 Å². The van der Waals surface area contributed by atoms with Crippen LogP contribution in [0.15, 0.2) is 0 Å². The fraction of sp³-hybridized carbons (Fsp3) is 1.00. The summed E-state index contributed by atoms with van der Waals surface area (Å²) in [6, 6.07) is 0. The molecule has 0 aromatic carbocycles. The molecule has 0 aliphatic heterocycles. The molecule has 0 aromatic heterocycles. The van der Waals surface area contributed by atoms with Crippen molar-refractivity contribution < 1.29 is 0 Å². The van der Waals surface area contributed by atoms with E-state index >= 15 is 0 Å². The quantitative estimate of drug-likeness (QED) is 0.455. The number of hydrogen-bond acceptors (Lipinski definition) is 0. The van der Waals surface area contributed by atoms with Crippen LogP contribution in [-0.4, -0.2) is 51.1 Å². The van der Waals surface area contributed by atoms with Crippen molar-refractivity contribution in [3.8, 4) is 0 Å². The van der Waals surface area contributed by atoms with E-state index < -0.39 is 32.3 Å². The lowest BCUT2D eigenvalue weighted by molar-refractivity contribution is 0.544. The van der Waals surface area contributed by atoms with E-state index in [0.717, 1.165) is 0 Å². The molecular weight excluding hydrogens is 353 g/mol. The van der Waals surface area contributed by atoms with Crippen LogP contribution in [0.5, 0.6) is 0 Å². The number of rotatable bonds is 0. The van der Waals surface area contributed by atoms with Gasteiger partial charge in [0.25, 0.3) is 0 Å². The Morgan fingerprint density at radius 3 is 0.800 bits per heavy atom. The lowest BCUT2D eigenvalue weighted by Crippen LogP contribution is -2.52. The van der Waals surface area contributed by atoms with Gasteiger partial charge < -0.3 is 0 Å². The van der Waals surface area contributed by atoms with Gasteiger partial charge in [0.15, 0.2) is 0 Å². The van der Waals surface area contributed by atoms with Gasteiger partial charge >= 0.3 is 0 Å². The lowest BCUT2D eigenvalue weighted by Gasteiger charge is -2.37. The Morgan fingerprint density at radius 1 is 0.667 bits per heavy atom. The molecule has 0 amide bonds.